The van der Waals surface area contributed by atoms with Gasteiger partial charge in [-0.1, -0.05) is 30.7 Å². The van der Waals surface area contributed by atoms with Crippen molar-refractivity contribution in [3.63, 3.8) is 0 Å². The summed E-state index contributed by atoms with van der Waals surface area (Å²) in [5, 5.41) is 4.57. The van der Waals surface area contributed by atoms with E-state index in [0.29, 0.717) is 5.41 Å². The van der Waals surface area contributed by atoms with Crippen molar-refractivity contribution in [1.29, 1.82) is 0 Å². The predicted octanol–water partition coefficient (Wildman–Crippen LogP) is 4.38. The van der Waals surface area contributed by atoms with E-state index < -0.39 is 0 Å². The van der Waals surface area contributed by atoms with Gasteiger partial charge in [-0.05, 0) is 55.4 Å². The van der Waals surface area contributed by atoms with Gasteiger partial charge in [0.05, 0.1) is 0 Å². The van der Waals surface area contributed by atoms with Crippen molar-refractivity contribution in [3.05, 3.63) is 29.3 Å². The maximum absolute atomic E-state index is 4.78. The van der Waals surface area contributed by atoms with E-state index in [0.717, 1.165) is 17.4 Å². The molecule has 1 fully saturated rings. The summed E-state index contributed by atoms with van der Waals surface area (Å²) in [7, 11) is 0. The van der Waals surface area contributed by atoms with Gasteiger partial charge in [0.1, 0.15) is 0 Å². The highest BCUT2D eigenvalue weighted by atomic mass is 32.2. The number of amidine groups is 1. The Kier molecular flexibility index (Phi) is 3.57. The minimum atomic E-state index is 0.527. The first kappa shape index (κ1) is 13.0. The van der Waals surface area contributed by atoms with E-state index in [1.54, 1.807) is 0 Å². The lowest BCUT2D eigenvalue weighted by Crippen LogP contribution is -2.30. The predicted molar refractivity (Wildman–Crippen MR) is 85.2 cm³/mol. The molecule has 0 radical (unpaired) electrons. The Hall–Kier alpha value is -0.960. The molecule has 0 saturated heterocycles. The molecular formula is C16H22N2S. The average molecular weight is 274 g/mol. The molecule has 1 spiro atoms. The molecule has 0 atom stereocenters. The lowest BCUT2D eigenvalue weighted by Gasteiger charge is -2.31. The molecule has 1 heterocycles. The molecule has 1 aromatic carbocycles. The van der Waals surface area contributed by atoms with Crippen molar-refractivity contribution in [2.24, 2.45) is 10.4 Å². The Morgan fingerprint density at radius 2 is 1.95 bits per heavy atom. The second kappa shape index (κ2) is 5.20. The van der Waals surface area contributed by atoms with Crippen LogP contribution in [0.3, 0.4) is 0 Å². The number of hydrogen-bond donors (Lipinski definition) is 1. The van der Waals surface area contributed by atoms with Gasteiger partial charge in [0.2, 0.25) is 0 Å². The van der Waals surface area contributed by atoms with Crippen LogP contribution < -0.4 is 5.32 Å². The quantitative estimate of drug-likeness (QED) is 0.822. The standard InChI is InChI=1S/C16H22N2S/c1-12-5-6-14(9-13(12)2)18-15-17-10-16(11-19-15)7-3-4-8-16/h5-6,9H,3-4,7-8,10-11H2,1-2H3,(H,17,18). The van der Waals surface area contributed by atoms with E-state index in [9.17, 15) is 0 Å². The van der Waals surface area contributed by atoms with Gasteiger partial charge in [0, 0.05) is 18.0 Å². The van der Waals surface area contributed by atoms with Crippen LogP contribution in [0.5, 0.6) is 0 Å². The van der Waals surface area contributed by atoms with Crippen molar-refractivity contribution in [2.75, 3.05) is 17.6 Å². The van der Waals surface area contributed by atoms with Gasteiger partial charge in [0.15, 0.2) is 5.17 Å². The maximum Gasteiger partial charge on any atom is 0.161 e. The van der Waals surface area contributed by atoms with Gasteiger partial charge in [-0.2, -0.15) is 0 Å². The van der Waals surface area contributed by atoms with Crippen LogP contribution in [0.2, 0.25) is 0 Å². The van der Waals surface area contributed by atoms with Crippen molar-refractivity contribution in [3.8, 4) is 0 Å². The summed E-state index contributed by atoms with van der Waals surface area (Å²) < 4.78 is 0. The van der Waals surface area contributed by atoms with Gasteiger partial charge in [-0.25, -0.2) is 0 Å². The van der Waals surface area contributed by atoms with Crippen LogP contribution in [0, 0.1) is 19.3 Å². The van der Waals surface area contributed by atoms with E-state index >= 15 is 0 Å². The molecule has 2 nitrogen and oxygen atoms in total. The normalized spacial score (nSPS) is 21.5. The number of nitrogens with zero attached hydrogens (tertiary/aromatic N) is 1. The van der Waals surface area contributed by atoms with Crippen LogP contribution in [0.4, 0.5) is 5.69 Å². The number of hydrogen-bond acceptors (Lipinski definition) is 3. The highest BCUT2D eigenvalue weighted by molar-refractivity contribution is 8.14. The molecule has 0 amide bonds. The molecule has 0 aromatic heterocycles. The zero-order valence-corrected chi connectivity index (χ0v) is 12.6. The zero-order valence-electron chi connectivity index (χ0n) is 11.8. The highest BCUT2D eigenvalue weighted by Gasteiger charge is 2.36. The Morgan fingerprint density at radius 1 is 1.16 bits per heavy atom. The molecule has 102 valence electrons. The summed E-state index contributed by atoms with van der Waals surface area (Å²) >= 11 is 1.90. The van der Waals surface area contributed by atoms with E-state index in [-0.39, 0.29) is 0 Å². The SMILES string of the molecule is Cc1ccc(NC2=NCC3(CCCC3)CS2)cc1C. The summed E-state index contributed by atoms with van der Waals surface area (Å²) in [5.41, 5.74) is 4.36. The molecule has 19 heavy (non-hydrogen) atoms. The third-order valence-corrected chi connectivity index (χ3v) is 5.76. The first-order valence-electron chi connectivity index (χ1n) is 7.18. The van der Waals surface area contributed by atoms with Crippen molar-refractivity contribution >= 4 is 22.6 Å². The minimum absolute atomic E-state index is 0.527. The maximum atomic E-state index is 4.78. The van der Waals surface area contributed by atoms with Gasteiger partial charge in [0.25, 0.3) is 0 Å². The molecule has 1 aromatic rings. The van der Waals surface area contributed by atoms with Gasteiger partial charge in [-0.3, -0.25) is 4.99 Å². The number of aryl methyl sites for hydroxylation is 2. The molecule has 0 unspecified atom stereocenters. The molecular weight excluding hydrogens is 252 g/mol. The Balaban J connectivity index is 1.67. The number of thioether (sulfide) groups is 1. The molecule has 1 saturated carbocycles. The number of rotatable bonds is 1. The molecule has 3 heteroatoms. The second-order valence-corrected chi connectivity index (χ2v) is 7.01. The third-order valence-electron chi connectivity index (χ3n) is 4.50. The van der Waals surface area contributed by atoms with Crippen LogP contribution >= 0.6 is 11.8 Å². The summed E-state index contributed by atoms with van der Waals surface area (Å²) in [6.07, 6.45) is 5.55. The minimum Gasteiger partial charge on any atom is -0.335 e. The topological polar surface area (TPSA) is 24.4 Å². The number of benzene rings is 1. The van der Waals surface area contributed by atoms with Gasteiger partial charge < -0.3 is 5.32 Å². The molecule has 0 bridgehead atoms. The summed E-state index contributed by atoms with van der Waals surface area (Å²) in [5.74, 6) is 1.24. The first-order chi connectivity index (χ1) is 9.17. The largest absolute Gasteiger partial charge is 0.335 e. The van der Waals surface area contributed by atoms with E-state index in [1.807, 2.05) is 11.8 Å². The fourth-order valence-corrected chi connectivity index (χ4v) is 4.17. The molecule has 1 aliphatic heterocycles. The second-order valence-electron chi connectivity index (χ2n) is 6.04. The number of anilines is 1. The Bertz CT molecular complexity index is 501. The van der Waals surface area contributed by atoms with Crippen LogP contribution in [-0.2, 0) is 0 Å². The van der Waals surface area contributed by atoms with Crippen LogP contribution in [-0.4, -0.2) is 17.5 Å². The zero-order chi connectivity index (χ0) is 13.3. The van der Waals surface area contributed by atoms with Crippen LogP contribution in [0.15, 0.2) is 23.2 Å². The number of aliphatic imine (C=N–C) groups is 1. The summed E-state index contributed by atoms with van der Waals surface area (Å²) in [6.45, 7) is 5.33. The Morgan fingerprint density at radius 3 is 2.58 bits per heavy atom. The third kappa shape index (κ3) is 2.81. The van der Waals surface area contributed by atoms with Crippen molar-refractivity contribution < 1.29 is 0 Å². The molecule has 1 aliphatic carbocycles. The van der Waals surface area contributed by atoms with Crippen molar-refractivity contribution in [1.82, 2.24) is 0 Å². The van der Waals surface area contributed by atoms with E-state index in [4.69, 9.17) is 4.99 Å². The van der Waals surface area contributed by atoms with Crippen LogP contribution in [0.25, 0.3) is 0 Å². The first-order valence-corrected chi connectivity index (χ1v) is 8.17. The number of nitrogens with one attached hydrogen (secondary N) is 1. The fraction of sp³-hybridized carbons (Fsp3) is 0.562. The average Bonchev–Trinajstić information content (AvgIpc) is 2.86. The van der Waals surface area contributed by atoms with Gasteiger partial charge in [-0.15, -0.1) is 0 Å². The molecule has 3 rings (SSSR count). The molecule has 2 aliphatic rings. The fourth-order valence-electron chi connectivity index (χ4n) is 3.00. The lowest BCUT2D eigenvalue weighted by atomic mass is 9.89. The highest BCUT2D eigenvalue weighted by Crippen LogP contribution is 2.43. The monoisotopic (exact) mass is 274 g/mol. The van der Waals surface area contributed by atoms with E-state index in [2.05, 4.69) is 37.4 Å². The summed E-state index contributed by atoms with van der Waals surface area (Å²) in [4.78, 5) is 4.78. The smallest absolute Gasteiger partial charge is 0.161 e. The van der Waals surface area contributed by atoms with Crippen molar-refractivity contribution in [2.45, 2.75) is 39.5 Å². The van der Waals surface area contributed by atoms with Gasteiger partial charge >= 0.3 is 0 Å². The lowest BCUT2D eigenvalue weighted by molar-refractivity contribution is 0.359. The Labute approximate surface area is 120 Å². The molecule has 1 N–H and O–H groups in total. The van der Waals surface area contributed by atoms with E-state index in [1.165, 1.54) is 42.6 Å². The van der Waals surface area contributed by atoms with Crippen LogP contribution in [0.1, 0.15) is 36.8 Å². The summed E-state index contributed by atoms with van der Waals surface area (Å²) in [6, 6.07) is 6.52.